The Morgan fingerprint density at radius 2 is 1.29 bits per heavy atom. The molecule has 0 heterocycles. The van der Waals surface area contributed by atoms with E-state index in [4.69, 9.17) is 23.2 Å². The maximum Gasteiger partial charge on any atom is 0.380 e. The molecule has 0 spiro atoms. The largest absolute Gasteiger partial charge is 0.380 e. The van der Waals surface area contributed by atoms with Crippen molar-refractivity contribution in [3.8, 4) is 22.3 Å². The summed E-state index contributed by atoms with van der Waals surface area (Å²) in [5.74, 6) is -1.33. The second-order valence-electron chi connectivity index (χ2n) is 6.04. The number of Topliss-reactive ketones (excluding diaryl/α,β-unsaturated/α-hetero) is 1. The van der Waals surface area contributed by atoms with Crippen molar-refractivity contribution in [1.29, 1.82) is 0 Å². The molecule has 142 valence electrons. The molecule has 0 unspecified atom stereocenters. The van der Waals surface area contributed by atoms with Crippen LogP contribution in [-0.4, -0.2) is 11.8 Å². The summed E-state index contributed by atoms with van der Waals surface area (Å²) in [6, 6.07) is 16.7. The van der Waals surface area contributed by atoms with Gasteiger partial charge in [-0.2, -0.15) is 0 Å². The van der Waals surface area contributed by atoms with Gasteiger partial charge in [-0.05, 0) is 35.4 Å². The molecule has 0 aromatic heterocycles. The number of rotatable bonds is 5. The van der Waals surface area contributed by atoms with Crippen molar-refractivity contribution in [2.45, 2.75) is 13.3 Å². The molecule has 3 rings (SSSR count). The van der Waals surface area contributed by atoms with Gasteiger partial charge in [0.05, 0.1) is 5.56 Å². The lowest BCUT2D eigenvalue weighted by atomic mass is 9.88. The minimum atomic E-state index is -1.18. The fourth-order valence-electron chi connectivity index (χ4n) is 3.04. The Hall–Kier alpha value is -2.69. The van der Waals surface area contributed by atoms with Crippen molar-refractivity contribution in [3.63, 3.8) is 0 Å². The molecule has 0 amide bonds. The van der Waals surface area contributed by atoms with Crippen molar-refractivity contribution in [1.82, 2.24) is 0 Å². The molecule has 0 saturated heterocycles. The van der Waals surface area contributed by atoms with Crippen molar-refractivity contribution in [2.75, 3.05) is 0 Å². The fraction of sp³-hybridized carbons (Fsp3) is 0.0909. The van der Waals surface area contributed by atoms with Crippen molar-refractivity contribution in [3.05, 3.63) is 81.8 Å². The highest BCUT2D eigenvalue weighted by Gasteiger charge is 2.23. The Balaban J connectivity index is 2.39. The summed E-state index contributed by atoms with van der Waals surface area (Å²) in [6.07, 6.45) is 0.242. The molecule has 0 aliphatic heterocycles. The average molecular weight is 417 g/mol. The summed E-state index contributed by atoms with van der Waals surface area (Å²) in [5.41, 5.74) is 2.08. The summed E-state index contributed by atoms with van der Waals surface area (Å²) in [5, 5.41) is 0.758. The molecule has 3 nitrogen and oxygen atoms in total. The molecule has 0 aliphatic carbocycles. The smallest absolute Gasteiger partial charge is 0.294 e. The van der Waals surface area contributed by atoms with E-state index < -0.39 is 5.97 Å². The van der Waals surface area contributed by atoms with Crippen LogP contribution in [0.3, 0.4) is 0 Å². The van der Waals surface area contributed by atoms with Gasteiger partial charge in [0.25, 0.3) is 0 Å². The topological polar surface area (TPSA) is 43.4 Å². The molecule has 3 aromatic rings. The molecule has 0 fully saturated rings. The van der Waals surface area contributed by atoms with Gasteiger partial charge in [0.1, 0.15) is 0 Å². The zero-order valence-corrected chi connectivity index (χ0v) is 16.4. The molecule has 0 saturated carbocycles. The van der Waals surface area contributed by atoms with Crippen LogP contribution in [0.1, 0.15) is 34.1 Å². The van der Waals surface area contributed by atoms with Crippen LogP contribution in [0.2, 0.25) is 10.0 Å². The zero-order valence-electron chi connectivity index (χ0n) is 14.8. The summed E-state index contributed by atoms with van der Waals surface area (Å²) < 4.78 is 12.8. The first kappa shape index (κ1) is 20.1. The Kier molecular flexibility index (Phi) is 6.12. The van der Waals surface area contributed by atoms with Crippen LogP contribution < -0.4 is 0 Å². The molecule has 0 bridgehead atoms. The third-order valence-electron chi connectivity index (χ3n) is 4.40. The van der Waals surface area contributed by atoms with E-state index in [-0.39, 0.29) is 17.8 Å². The first-order chi connectivity index (χ1) is 13.5. The van der Waals surface area contributed by atoms with Gasteiger partial charge in [-0.25, -0.2) is 9.74 Å². The number of hydrogen-bond acceptors (Lipinski definition) is 3. The number of carbonyl (C=O) groups is 2. The lowest BCUT2D eigenvalue weighted by molar-refractivity contribution is -0.0787. The predicted molar refractivity (Wildman–Crippen MR) is 108 cm³/mol. The highest BCUT2D eigenvalue weighted by Crippen LogP contribution is 2.38. The van der Waals surface area contributed by atoms with E-state index in [2.05, 4.69) is 4.94 Å². The van der Waals surface area contributed by atoms with Crippen LogP contribution >= 0.6 is 23.2 Å². The fourth-order valence-corrected chi connectivity index (χ4v) is 3.51. The van der Waals surface area contributed by atoms with Gasteiger partial charge in [-0.1, -0.05) is 66.5 Å². The molecule has 28 heavy (non-hydrogen) atoms. The summed E-state index contributed by atoms with van der Waals surface area (Å²) in [6.45, 7) is 1.73. The Labute approximate surface area is 171 Å². The third kappa shape index (κ3) is 3.79. The van der Waals surface area contributed by atoms with Gasteiger partial charge >= 0.3 is 5.97 Å². The zero-order chi connectivity index (χ0) is 20.3. The van der Waals surface area contributed by atoms with E-state index in [1.54, 1.807) is 55.5 Å². The predicted octanol–water partition coefficient (Wildman–Crippen LogP) is 6.96. The molecule has 0 N–H and O–H groups in total. The summed E-state index contributed by atoms with van der Waals surface area (Å²) in [7, 11) is 0. The minimum Gasteiger partial charge on any atom is -0.294 e. The number of ketones is 1. The number of carbonyl (C=O) groups excluding carboxylic acids is 2. The highest BCUT2D eigenvalue weighted by molar-refractivity contribution is 6.34. The van der Waals surface area contributed by atoms with Crippen LogP contribution in [0.25, 0.3) is 22.3 Å². The molecule has 0 radical (unpaired) electrons. The Morgan fingerprint density at radius 3 is 1.75 bits per heavy atom. The molecule has 6 heteroatoms. The second kappa shape index (κ2) is 8.55. The van der Waals surface area contributed by atoms with E-state index in [9.17, 15) is 14.1 Å². The second-order valence-corrected chi connectivity index (χ2v) is 6.86. The van der Waals surface area contributed by atoms with E-state index >= 15 is 0 Å². The van der Waals surface area contributed by atoms with Crippen LogP contribution in [0.15, 0.2) is 60.7 Å². The summed E-state index contributed by atoms with van der Waals surface area (Å²) >= 11 is 12.6. The van der Waals surface area contributed by atoms with Gasteiger partial charge in [0.2, 0.25) is 0 Å². The van der Waals surface area contributed by atoms with Crippen molar-refractivity contribution >= 4 is 35.0 Å². The van der Waals surface area contributed by atoms with Gasteiger partial charge in [-0.15, -0.1) is 0 Å². The van der Waals surface area contributed by atoms with Gasteiger partial charge < -0.3 is 0 Å². The van der Waals surface area contributed by atoms with E-state index in [0.717, 1.165) is 0 Å². The highest BCUT2D eigenvalue weighted by atomic mass is 35.5. The Morgan fingerprint density at radius 1 is 0.821 bits per heavy atom. The van der Waals surface area contributed by atoms with E-state index in [0.29, 0.717) is 37.9 Å². The molecule has 0 atom stereocenters. The normalized spacial score (nSPS) is 10.6. The lowest BCUT2D eigenvalue weighted by Crippen LogP contribution is -2.07. The van der Waals surface area contributed by atoms with Gasteiger partial charge in [0.15, 0.2) is 5.78 Å². The standard InChI is InChI=1S/C22H15Cl2FO3/c1-2-21(26)17-11-16(14-8-4-6-10-20(14)24)18(22(27)28-25)12-15(17)13-7-3-5-9-19(13)23/h3-12H,2H2,1H3. The molecule has 3 aromatic carbocycles. The maximum absolute atomic E-state index is 12.8. The third-order valence-corrected chi connectivity index (χ3v) is 5.06. The Bertz CT molecular complexity index is 978. The van der Waals surface area contributed by atoms with E-state index in [1.165, 1.54) is 12.1 Å². The lowest BCUT2D eigenvalue weighted by Gasteiger charge is -2.16. The quantitative estimate of drug-likeness (QED) is 0.422. The van der Waals surface area contributed by atoms with Crippen LogP contribution in [0.4, 0.5) is 4.53 Å². The first-order valence-electron chi connectivity index (χ1n) is 8.51. The van der Waals surface area contributed by atoms with Crippen molar-refractivity contribution < 1.29 is 19.1 Å². The molecule has 0 aliphatic rings. The van der Waals surface area contributed by atoms with Crippen LogP contribution in [-0.2, 0) is 4.94 Å². The van der Waals surface area contributed by atoms with Gasteiger partial charge in [0, 0.05) is 37.7 Å². The first-order valence-corrected chi connectivity index (χ1v) is 9.27. The van der Waals surface area contributed by atoms with Gasteiger partial charge in [-0.3, -0.25) is 4.79 Å². The van der Waals surface area contributed by atoms with E-state index in [1.807, 2.05) is 0 Å². The number of halogens is 3. The average Bonchev–Trinajstić information content (AvgIpc) is 2.72. The number of hydrogen-bond donors (Lipinski definition) is 0. The van der Waals surface area contributed by atoms with Crippen molar-refractivity contribution in [2.24, 2.45) is 0 Å². The maximum atomic E-state index is 12.8. The minimum absolute atomic E-state index is 0.0572. The number of benzene rings is 3. The molecular formula is C22H15Cl2FO3. The summed E-state index contributed by atoms with van der Waals surface area (Å²) in [4.78, 5) is 28.3. The van der Waals surface area contributed by atoms with Crippen LogP contribution in [0, 0.1) is 0 Å². The monoisotopic (exact) mass is 416 g/mol. The SMILES string of the molecule is CCC(=O)c1cc(-c2ccccc2Cl)c(C(=O)OF)cc1-c1ccccc1Cl. The van der Waals surface area contributed by atoms with Crippen LogP contribution in [0.5, 0.6) is 0 Å². The molecular weight excluding hydrogens is 402 g/mol.